The molecule has 19 heteroatoms. The molecule has 0 bridgehead atoms. The average molecular weight is 1480 g/mol. The number of aliphatic hydroxyl groups excluding tert-OH is 1. The fourth-order valence-corrected chi connectivity index (χ4v) is 13.0. The Kier molecular flexibility index (Phi) is 73.1. The lowest BCUT2D eigenvalue weighted by Crippen LogP contribution is -2.30. The topological polar surface area (TPSA) is 237 Å². The van der Waals surface area contributed by atoms with E-state index < -0.39 is 97.5 Å². The van der Waals surface area contributed by atoms with Crippen LogP contribution in [-0.4, -0.2) is 96.7 Å². The summed E-state index contributed by atoms with van der Waals surface area (Å²) in [6, 6.07) is 0. The Morgan fingerprint density at radius 3 is 0.794 bits per heavy atom. The van der Waals surface area contributed by atoms with Gasteiger partial charge in [-0.25, -0.2) is 9.13 Å². The summed E-state index contributed by atoms with van der Waals surface area (Å²) in [5.74, 6) is -2.19. The van der Waals surface area contributed by atoms with Crippen molar-refractivity contribution in [2.24, 2.45) is 0 Å². The van der Waals surface area contributed by atoms with E-state index in [1.54, 1.807) is 0 Å². The highest BCUT2D eigenvalue weighted by Crippen LogP contribution is 2.45. The zero-order valence-electron chi connectivity index (χ0n) is 65.0. The molecule has 594 valence electrons. The summed E-state index contributed by atoms with van der Waals surface area (Å²) < 4.78 is 68.7. The van der Waals surface area contributed by atoms with Gasteiger partial charge in [-0.3, -0.25) is 37.3 Å². The first kappa shape index (κ1) is 98.5. The molecule has 102 heavy (non-hydrogen) atoms. The molecule has 17 nitrogen and oxygen atoms in total. The fraction of sp³-hybridized carbons (Fsp3) is 0.807. The van der Waals surface area contributed by atoms with Crippen molar-refractivity contribution < 1.29 is 80.2 Å². The first-order valence-electron chi connectivity index (χ1n) is 41.2. The molecule has 0 saturated heterocycles. The van der Waals surface area contributed by atoms with E-state index in [9.17, 15) is 43.2 Å². The second-order valence-corrected chi connectivity index (χ2v) is 30.6. The predicted octanol–water partition coefficient (Wildman–Crippen LogP) is 24.0. The highest BCUT2D eigenvalue weighted by Gasteiger charge is 2.30. The Labute approximate surface area is 622 Å². The van der Waals surface area contributed by atoms with Gasteiger partial charge in [0.1, 0.15) is 19.3 Å². The van der Waals surface area contributed by atoms with E-state index in [0.29, 0.717) is 25.7 Å². The summed E-state index contributed by atoms with van der Waals surface area (Å²) in [5, 5.41) is 10.6. The number of hydrogen-bond donors (Lipinski definition) is 3. The van der Waals surface area contributed by atoms with E-state index in [2.05, 4.69) is 101 Å². The third-order valence-corrected chi connectivity index (χ3v) is 19.6. The predicted molar refractivity (Wildman–Crippen MR) is 418 cm³/mol. The molecule has 0 aliphatic rings. The smallest absolute Gasteiger partial charge is 0.462 e. The van der Waals surface area contributed by atoms with E-state index in [1.807, 2.05) is 0 Å². The zero-order valence-corrected chi connectivity index (χ0v) is 66.8. The number of aliphatic hydroxyl groups is 1. The molecule has 0 aromatic heterocycles. The van der Waals surface area contributed by atoms with Gasteiger partial charge in [-0.2, -0.15) is 0 Å². The standard InChI is InChI=1S/C83H150O17P2/c1-5-9-13-17-21-25-29-33-37-38-42-44-48-52-56-60-64-68-81(86)94-74-79(100-83(88)70-66-62-58-54-50-46-41-36-32-28-24-20-16-12-8-4)76-98-102(91,92)96-72-77(84)71-95-101(89,90)97-75-78(99-82(87)69-65-61-57-53-49-45-40-35-31-27-23-19-15-11-7-3)73-93-80(85)67-63-59-55-51-47-43-39-34-30-26-22-18-14-10-6-2/h9,13,21,25,33-34,36-37,39,41-42,44,77-79,84H,5-8,10-12,14-20,22-24,26-32,35,38,40,43,45-76H2,1-4H3,(H,89,90)(H,91,92)/b13-9-,25-21-,37-33-,39-34-,41-36-,44-42-. The number of phosphoric acid groups is 2. The van der Waals surface area contributed by atoms with Gasteiger partial charge in [0, 0.05) is 25.7 Å². The van der Waals surface area contributed by atoms with E-state index in [1.165, 1.54) is 141 Å². The summed E-state index contributed by atoms with van der Waals surface area (Å²) in [4.78, 5) is 73.1. The van der Waals surface area contributed by atoms with Gasteiger partial charge >= 0.3 is 39.5 Å². The number of rotatable bonds is 78. The maximum absolute atomic E-state index is 13.1. The Morgan fingerprint density at radius 1 is 0.284 bits per heavy atom. The summed E-state index contributed by atoms with van der Waals surface area (Å²) in [5.41, 5.74) is 0. The van der Waals surface area contributed by atoms with Crippen molar-refractivity contribution in [1.82, 2.24) is 0 Å². The number of ether oxygens (including phenoxy) is 4. The number of allylic oxidation sites excluding steroid dienone is 12. The zero-order chi connectivity index (χ0) is 74.6. The molecule has 0 amide bonds. The molecule has 0 aliphatic heterocycles. The molecule has 0 aliphatic carbocycles. The molecule has 0 saturated carbocycles. The summed E-state index contributed by atoms with van der Waals surface area (Å²) in [7, 11) is -9.95. The number of esters is 4. The minimum absolute atomic E-state index is 0.0819. The minimum atomic E-state index is -4.98. The van der Waals surface area contributed by atoms with Crippen molar-refractivity contribution in [3.05, 3.63) is 72.9 Å². The van der Waals surface area contributed by atoms with Gasteiger partial charge in [-0.1, -0.05) is 306 Å². The van der Waals surface area contributed by atoms with Crippen LogP contribution in [0.2, 0.25) is 0 Å². The Morgan fingerprint density at radius 2 is 0.510 bits per heavy atom. The van der Waals surface area contributed by atoms with Crippen molar-refractivity contribution in [2.75, 3.05) is 39.6 Å². The van der Waals surface area contributed by atoms with E-state index >= 15 is 0 Å². The second-order valence-electron chi connectivity index (χ2n) is 27.7. The summed E-state index contributed by atoms with van der Waals surface area (Å²) in [6.45, 7) is 4.79. The molecular formula is C83H150O17P2. The van der Waals surface area contributed by atoms with Gasteiger partial charge in [-0.05, 0) is 116 Å². The van der Waals surface area contributed by atoms with E-state index in [0.717, 1.165) is 154 Å². The molecule has 0 aromatic rings. The van der Waals surface area contributed by atoms with Crippen LogP contribution in [0.3, 0.4) is 0 Å². The summed E-state index contributed by atoms with van der Waals surface area (Å²) in [6.07, 6.45) is 77.2. The van der Waals surface area contributed by atoms with Gasteiger partial charge in [-0.15, -0.1) is 0 Å². The van der Waals surface area contributed by atoms with Crippen LogP contribution in [0.5, 0.6) is 0 Å². The lowest BCUT2D eigenvalue weighted by molar-refractivity contribution is -0.161. The lowest BCUT2D eigenvalue weighted by atomic mass is 10.0. The third kappa shape index (κ3) is 74.8. The molecular weight excluding hydrogens is 1330 g/mol. The molecule has 0 aromatic carbocycles. The van der Waals surface area contributed by atoms with Gasteiger partial charge < -0.3 is 33.8 Å². The van der Waals surface area contributed by atoms with Crippen molar-refractivity contribution in [2.45, 2.75) is 393 Å². The monoisotopic (exact) mass is 1480 g/mol. The molecule has 5 atom stereocenters. The fourth-order valence-electron chi connectivity index (χ4n) is 11.4. The largest absolute Gasteiger partial charge is 0.472 e. The molecule has 5 unspecified atom stereocenters. The molecule has 0 heterocycles. The molecule has 0 spiro atoms. The van der Waals surface area contributed by atoms with Crippen LogP contribution in [0.1, 0.15) is 374 Å². The van der Waals surface area contributed by atoms with E-state index in [4.69, 9.17) is 37.0 Å². The number of carbonyl (C=O) groups is 4. The average Bonchev–Trinajstić information content (AvgIpc) is 0.923. The highest BCUT2D eigenvalue weighted by molar-refractivity contribution is 7.47. The van der Waals surface area contributed by atoms with Crippen LogP contribution < -0.4 is 0 Å². The number of hydrogen-bond acceptors (Lipinski definition) is 15. The SMILES string of the molecule is CC/C=C\C/C=C\C/C=C\C/C=C\CCCCCCC(=O)OCC(COP(=O)(O)OCC(O)COP(=O)(O)OCC(COC(=O)CCCCCCC/C=C\CCCCCCCC)OC(=O)CCCCCCCCCCCCCCCCC)OC(=O)CCCCCCC/C=C\CCCCCCCC. The number of phosphoric ester groups is 2. The van der Waals surface area contributed by atoms with Crippen molar-refractivity contribution in [3.63, 3.8) is 0 Å². The van der Waals surface area contributed by atoms with Crippen LogP contribution in [0, 0.1) is 0 Å². The Balaban J connectivity index is 5.36. The van der Waals surface area contributed by atoms with Gasteiger partial charge in [0.2, 0.25) is 0 Å². The normalized spacial score (nSPS) is 14.2. The highest BCUT2D eigenvalue weighted by atomic mass is 31.2. The van der Waals surface area contributed by atoms with Crippen molar-refractivity contribution in [1.29, 1.82) is 0 Å². The molecule has 0 rings (SSSR count). The van der Waals surface area contributed by atoms with Crippen LogP contribution in [-0.2, 0) is 65.4 Å². The van der Waals surface area contributed by atoms with Gasteiger partial charge in [0.25, 0.3) is 0 Å². The maximum atomic E-state index is 13.1. The first-order valence-corrected chi connectivity index (χ1v) is 44.2. The second kappa shape index (κ2) is 75.7. The van der Waals surface area contributed by atoms with Crippen LogP contribution in [0.15, 0.2) is 72.9 Å². The Hall–Kier alpha value is -3.50. The van der Waals surface area contributed by atoms with E-state index in [-0.39, 0.29) is 25.7 Å². The van der Waals surface area contributed by atoms with Crippen LogP contribution in [0.4, 0.5) is 0 Å². The molecule has 0 fully saturated rings. The van der Waals surface area contributed by atoms with Crippen molar-refractivity contribution in [3.8, 4) is 0 Å². The third-order valence-electron chi connectivity index (χ3n) is 17.7. The van der Waals surface area contributed by atoms with Crippen molar-refractivity contribution >= 4 is 39.5 Å². The Bertz CT molecular complexity index is 2210. The molecule has 3 N–H and O–H groups in total. The molecule has 0 radical (unpaired) electrons. The summed E-state index contributed by atoms with van der Waals surface area (Å²) >= 11 is 0. The van der Waals surface area contributed by atoms with Gasteiger partial charge in [0.15, 0.2) is 12.2 Å². The van der Waals surface area contributed by atoms with Crippen LogP contribution >= 0.6 is 15.6 Å². The number of unbranched alkanes of at least 4 members (excludes halogenated alkanes) is 40. The van der Waals surface area contributed by atoms with Crippen LogP contribution in [0.25, 0.3) is 0 Å². The number of carbonyl (C=O) groups excluding carboxylic acids is 4. The van der Waals surface area contributed by atoms with Gasteiger partial charge in [0.05, 0.1) is 26.4 Å². The first-order chi connectivity index (χ1) is 49.7. The minimum Gasteiger partial charge on any atom is -0.462 e. The maximum Gasteiger partial charge on any atom is 0.472 e. The lowest BCUT2D eigenvalue weighted by Gasteiger charge is -2.21. The quantitative estimate of drug-likeness (QED) is 0.0169.